The van der Waals surface area contributed by atoms with Crippen molar-refractivity contribution in [1.82, 2.24) is 23.9 Å². The molecule has 34 heavy (non-hydrogen) atoms. The van der Waals surface area contributed by atoms with Gasteiger partial charge in [-0.25, -0.2) is 4.79 Å². The highest BCUT2D eigenvalue weighted by atomic mass is 32.2. The summed E-state index contributed by atoms with van der Waals surface area (Å²) in [6.07, 6.45) is 0. The normalized spacial score (nSPS) is 11.2. The number of aryl methyl sites for hydroxylation is 4. The van der Waals surface area contributed by atoms with E-state index in [1.165, 1.54) is 11.8 Å². The van der Waals surface area contributed by atoms with Crippen LogP contribution in [0.15, 0.2) is 46.3 Å². The predicted octanol–water partition coefficient (Wildman–Crippen LogP) is 3.42. The first-order valence-corrected chi connectivity index (χ1v) is 12.0. The molecule has 0 aliphatic rings. The molecule has 9 nitrogen and oxygen atoms in total. The van der Waals surface area contributed by atoms with Crippen molar-refractivity contribution in [1.29, 1.82) is 0 Å². The Kier molecular flexibility index (Phi) is 6.78. The van der Waals surface area contributed by atoms with Gasteiger partial charge in [0.05, 0.1) is 16.8 Å². The molecule has 0 aliphatic heterocycles. The number of anilines is 1. The molecule has 2 aromatic heterocycles. The zero-order valence-electron chi connectivity index (χ0n) is 20.0. The average molecular weight is 481 g/mol. The van der Waals surface area contributed by atoms with E-state index in [0.717, 1.165) is 27.9 Å². The van der Waals surface area contributed by atoms with Gasteiger partial charge in [-0.3, -0.25) is 13.9 Å². The maximum atomic E-state index is 12.6. The molecule has 2 aromatic carbocycles. The lowest BCUT2D eigenvalue weighted by Gasteiger charge is -2.11. The van der Waals surface area contributed by atoms with Gasteiger partial charge < -0.3 is 14.6 Å². The van der Waals surface area contributed by atoms with Crippen molar-refractivity contribution >= 4 is 34.4 Å². The Bertz CT molecular complexity index is 1420. The summed E-state index contributed by atoms with van der Waals surface area (Å²) in [5, 5.41) is 12.1. The van der Waals surface area contributed by atoms with Crippen LogP contribution in [0.25, 0.3) is 11.0 Å². The smallest absolute Gasteiger partial charge is 0.328 e. The third kappa shape index (κ3) is 4.72. The molecule has 0 bridgehead atoms. The summed E-state index contributed by atoms with van der Waals surface area (Å²) in [7, 11) is 3.44. The van der Waals surface area contributed by atoms with Gasteiger partial charge in [-0.05, 0) is 56.2 Å². The number of amides is 1. The van der Waals surface area contributed by atoms with E-state index in [1.807, 2.05) is 43.5 Å². The third-order valence-corrected chi connectivity index (χ3v) is 6.66. The number of fused-ring (bicyclic) bond motifs is 1. The second kappa shape index (κ2) is 9.76. The number of carbonyl (C=O) groups excluding carboxylic acids is 1. The standard InChI is InChI=1S/C24H28N6O3S/c1-6-30-21(13-33-20-11-15(2)7-8-16(20)3)26-27-23(30)34-14-22(31)25-17-9-10-18-19(12-17)29(5)24(32)28(18)4/h7-12H,6,13-14H2,1-5H3,(H,25,31). The first kappa shape index (κ1) is 23.6. The average Bonchev–Trinajstić information content (AvgIpc) is 3.32. The molecule has 0 spiro atoms. The SMILES string of the molecule is CCn1c(COc2cc(C)ccc2C)nnc1SCC(=O)Nc1ccc2c(c1)n(C)c(=O)n2C. The fraction of sp³-hybridized carbons (Fsp3) is 0.333. The Morgan fingerprint density at radius 3 is 2.59 bits per heavy atom. The fourth-order valence-electron chi connectivity index (χ4n) is 3.77. The van der Waals surface area contributed by atoms with Gasteiger partial charge in [0, 0.05) is 26.3 Å². The molecule has 0 unspecified atom stereocenters. The zero-order valence-corrected chi connectivity index (χ0v) is 20.8. The molecule has 0 saturated heterocycles. The molecule has 178 valence electrons. The third-order valence-electron chi connectivity index (χ3n) is 5.70. The number of hydrogen-bond acceptors (Lipinski definition) is 6. The first-order valence-electron chi connectivity index (χ1n) is 11.0. The number of aromatic nitrogens is 5. The highest BCUT2D eigenvalue weighted by Gasteiger charge is 2.15. The van der Waals surface area contributed by atoms with Crippen LogP contribution in [-0.2, 0) is 32.0 Å². The van der Waals surface area contributed by atoms with Crippen molar-refractivity contribution in [2.45, 2.75) is 39.1 Å². The summed E-state index contributed by atoms with van der Waals surface area (Å²) in [4.78, 5) is 24.7. The van der Waals surface area contributed by atoms with Gasteiger partial charge in [0.1, 0.15) is 12.4 Å². The number of rotatable bonds is 8. The summed E-state index contributed by atoms with van der Waals surface area (Å²) in [6.45, 7) is 7.01. The van der Waals surface area contributed by atoms with Crippen LogP contribution in [0, 0.1) is 13.8 Å². The van der Waals surface area contributed by atoms with Gasteiger partial charge in [0.25, 0.3) is 0 Å². The minimum absolute atomic E-state index is 0.106. The molecule has 0 saturated carbocycles. The van der Waals surface area contributed by atoms with Crippen molar-refractivity contribution < 1.29 is 9.53 Å². The second-order valence-corrected chi connectivity index (χ2v) is 9.08. The summed E-state index contributed by atoms with van der Waals surface area (Å²) in [5.74, 6) is 1.56. The van der Waals surface area contributed by atoms with E-state index in [0.29, 0.717) is 29.8 Å². The van der Waals surface area contributed by atoms with Crippen molar-refractivity contribution in [2.75, 3.05) is 11.1 Å². The van der Waals surface area contributed by atoms with E-state index in [1.54, 1.807) is 35.4 Å². The van der Waals surface area contributed by atoms with Crippen LogP contribution in [0.1, 0.15) is 23.9 Å². The van der Waals surface area contributed by atoms with Crippen LogP contribution < -0.4 is 15.7 Å². The van der Waals surface area contributed by atoms with E-state index in [4.69, 9.17) is 4.74 Å². The Morgan fingerprint density at radius 2 is 1.82 bits per heavy atom. The molecule has 4 aromatic rings. The predicted molar refractivity (Wildman–Crippen MR) is 133 cm³/mol. The first-order chi connectivity index (χ1) is 16.3. The number of benzene rings is 2. The number of nitrogens with zero attached hydrogens (tertiary/aromatic N) is 5. The Morgan fingerprint density at radius 1 is 1.06 bits per heavy atom. The lowest BCUT2D eigenvalue weighted by Crippen LogP contribution is -2.19. The Balaban J connectivity index is 1.39. The van der Waals surface area contributed by atoms with Gasteiger partial charge in [-0.2, -0.15) is 0 Å². The van der Waals surface area contributed by atoms with E-state index in [-0.39, 0.29) is 17.3 Å². The molecule has 10 heteroatoms. The number of hydrogen-bond donors (Lipinski definition) is 1. The lowest BCUT2D eigenvalue weighted by atomic mass is 10.1. The van der Waals surface area contributed by atoms with Gasteiger partial charge >= 0.3 is 5.69 Å². The fourth-order valence-corrected chi connectivity index (χ4v) is 4.59. The highest BCUT2D eigenvalue weighted by molar-refractivity contribution is 7.99. The summed E-state index contributed by atoms with van der Waals surface area (Å²) in [5.41, 5.74) is 4.30. The molecule has 0 radical (unpaired) electrons. The van der Waals surface area contributed by atoms with Crippen molar-refractivity contribution in [3.63, 3.8) is 0 Å². The van der Waals surface area contributed by atoms with E-state index in [2.05, 4.69) is 21.6 Å². The molecular weight excluding hydrogens is 452 g/mol. The number of imidazole rings is 1. The summed E-state index contributed by atoms with van der Waals surface area (Å²) in [6, 6.07) is 11.5. The van der Waals surface area contributed by atoms with Gasteiger partial charge in [0.2, 0.25) is 5.91 Å². The number of carbonyl (C=O) groups is 1. The topological polar surface area (TPSA) is 96.0 Å². The highest BCUT2D eigenvalue weighted by Crippen LogP contribution is 2.23. The van der Waals surface area contributed by atoms with E-state index >= 15 is 0 Å². The van der Waals surface area contributed by atoms with Gasteiger partial charge in [-0.1, -0.05) is 23.9 Å². The van der Waals surface area contributed by atoms with Crippen LogP contribution in [0.4, 0.5) is 5.69 Å². The monoisotopic (exact) mass is 480 g/mol. The van der Waals surface area contributed by atoms with Crippen LogP contribution in [0.5, 0.6) is 5.75 Å². The van der Waals surface area contributed by atoms with Crippen molar-refractivity contribution in [2.24, 2.45) is 14.1 Å². The molecule has 0 aliphatic carbocycles. The molecule has 4 rings (SSSR count). The number of thioether (sulfide) groups is 1. The van der Waals surface area contributed by atoms with E-state index in [9.17, 15) is 9.59 Å². The largest absolute Gasteiger partial charge is 0.485 e. The molecule has 1 N–H and O–H groups in total. The lowest BCUT2D eigenvalue weighted by molar-refractivity contribution is -0.113. The maximum absolute atomic E-state index is 12.6. The van der Waals surface area contributed by atoms with E-state index < -0.39 is 0 Å². The second-order valence-electron chi connectivity index (χ2n) is 8.14. The molecule has 0 atom stereocenters. The maximum Gasteiger partial charge on any atom is 0.328 e. The molecule has 0 fully saturated rings. The van der Waals surface area contributed by atoms with Crippen LogP contribution in [-0.4, -0.2) is 35.6 Å². The van der Waals surface area contributed by atoms with Gasteiger partial charge in [-0.15, -0.1) is 10.2 Å². The van der Waals surface area contributed by atoms with Crippen molar-refractivity contribution in [3.05, 3.63) is 63.8 Å². The Hall–Kier alpha value is -3.53. The summed E-state index contributed by atoms with van der Waals surface area (Å²) < 4.78 is 11.1. The minimum Gasteiger partial charge on any atom is -0.485 e. The molecular formula is C24H28N6O3S. The number of nitrogens with one attached hydrogen (secondary N) is 1. The van der Waals surface area contributed by atoms with Crippen molar-refractivity contribution in [3.8, 4) is 5.75 Å². The molecule has 2 heterocycles. The zero-order chi connectivity index (χ0) is 24.4. The van der Waals surface area contributed by atoms with Crippen LogP contribution in [0.3, 0.4) is 0 Å². The summed E-state index contributed by atoms with van der Waals surface area (Å²) >= 11 is 1.32. The Labute approximate surface area is 201 Å². The van der Waals surface area contributed by atoms with Gasteiger partial charge in [0.15, 0.2) is 11.0 Å². The number of ether oxygens (including phenoxy) is 1. The minimum atomic E-state index is -0.163. The molecule has 1 amide bonds. The van der Waals surface area contributed by atoms with Crippen LogP contribution in [0.2, 0.25) is 0 Å². The van der Waals surface area contributed by atoms with Crippen LogP contribution >= 0.6 is 11.8 Å². The quantitative estimate of drug-likeness (QED) is 0.388.